The molecule has 0 spiro atoms. The number of aromatic nitrogens is 2. The molecule has 9 heteroatoms. The van der Waals surface area contributed by atoms with Crippen LogP contribution >= 0.6 is 11.6 Å². The minimum Gasteiger partial charge on any atom is -0.477 e. The molecular formula is C23H20ClFN4O3. The molecule has 0 bridgehead atoms. The van der Waals surface area contributed by atoms with E-state index in [0.717, 1.165) is 13.0 Å². The van der Waals surface area contributed by atoms with Crippen molar-refractivity contribution in [2.45, 2.75) is 12.5 Å². The summed E-state index contributed by atoms with van der Waals surface area (Å²) in [5.74, 6) is -0.618. The van der Waals surface area contributed by atoms with Crippen molar-refractivity contribution in [2.24, 2.45) is 17.6 Å². The van der Waals surface area contributed by atoms with Crippen LogP contribution in [-0.2, 0) is 0 Å². The lowest BCUT2D eigenvalue weighted by Gasteiger charge is -2.25. The lowest BCUT2D eigenvalue weighted by Crippen LogP contribution is -2.35. The summed E-state index contributed by atoms with van der Waals surface area (Å²) in [5, 5.41) is 9.85. The fourth-order valence-electron chi connectivity index (χ4n) is 4.75. The van der Waals surface area contributed by atoms with Crippen LogP contribution in [0.4, 0.5) is 10.2 Å². The van der Waals surface area contributed by atoms with E-state index >= 15 is 0 Å². The van der Waals surface area contributed by atoms with Crippen molar-refractivity contribution in [3.63, 3.8) is 0 Å². The van der Waals surface area contributed by atoms with E-state index in [1.54, 1.807) is 0 Å². The van der Waals surface area contributed by atoms with E-state index in [9.17, 15) is 19.1 Å². The van der Waals surface area contributed by atoms with E-state index in [4.69, 9.17) is 17.3 Å². The van der Waals surface area contributed by atoms with Crippen LogP contribution in [0.25, 0.3) is 16.6 Å². The van der Waals surface area contributed by atoms with Crippen molar-refractivity contribution in [2.75, 3.05) is 18.0 Å². The molecule has 164 valence electrons. The molecule has 0 amide bonds. The molecule has 7 nitrogen and oxygen atoms in total. The predicted molar refractivity (Wildman–Crippen MR) is 120 cm³/mol. The lowest BCUT2D eigenvalue weighted by atomic mass is 9.83. The Labute approximate surface area is 187 Å². The molecule has 3 N–H and O–H groups in total. The minimum atomic E-state index is -1.36. The fourth-order valence-corrected chi connectivity index (χ4v) is 5.11. The van der Waals surface area contributed by atoms with Gasteiger partial charge in [-0.2, -0.15) is 0 Å². The third kappa shape index (κ3) is 3.27. The van der Waals surface area contributed by atoms with Crippen LogP contribution in [0, 0.1) is 17.7 Å². The number of aromatic carboxylic acids is 1. The quantitative estimate of drug-likeness (QED) is 0.589. The number of hydrogen-bond donors (Lipinski definition) is 2. The first-order valence-electron chi connectivity index (χ1n) is 10.3. The first-order chi connectivity index (χ1) is 15.3. The molecule has 1 saturated heterocycles. The summed E-state index contributed by atoms with van der Waals surface area (Å²) in [6, 6.07) is 5.48. The summed E-state index contributed by atoms with van der Waals surface area (Å²) < 4.78 is 15.0. The molecule has 3 heterocycles. The monoisotopic (exact) mass is 454 g/mol. The normalized spacial score (nSPS) is 22.3. The number of carbonyl (C=O) groups is 1. The number of nitrogens with two attached hydrogens (primary N) is 1. The molecule has 1 aliphatic carbocycles. The van der Waals surface area contributed by atoms with Crippen LogP contribution in [0.3, 0.4) is 0 Å². The number of nitrogens with zero attached hydrogens (tertiary/aromatic N) is 3. The molecule has 5 rings (SSSR count). The lowest BCUT2D eigenvalue weighted by molar-refractivity contribution is 0.0695. The summed E-state index contributed by atoms with van der Waals surface area (Å²) in [5.41, 5.74) is 5.98. The zero-order valence-corrected chi connectivity index (χ0v) is 17.7. The van der Waals surface area contributed by atoms with Crippen LogP contribution in [0.1, 0.15) is 16.8 Å². The van der Waals surface area contributed by atoms with Gasteiger partial charge in [0, 0.05) is 37.2 Å². The largest absolute Gasteiger partial charge is 0.477 e. The number of hydrogen-bond acceptors (Lipinski definition) is 5. The van der Waals surface area contributed by atoms with Crippen molar-refractivity contribution < 1.29 is 14.3 Å². The maximum absolute atomic E-state index is 13.5. The molecule has 3 aromatic rings. The van der Waals surface area contributed by atoms with Gasteiger partial charge in [0.2, 0.25) is 5.43 Å². The van der Waals surface area contributed by atoms with Crippen molar-refractivity contribution >= 4 is 34.3 Å². The van der Waals surface area contributed by atoms with E-state index in [1.807, 2.05) is 6.08 Å². The van der Waals surface area contributed by atoms with E-state index in [0.29, 0.717) is 29.5 Å². The van der Waals surface area contributed by atoms with E-state index < -0.39 is 22.8 Å². The summed E-state index contributed by atoms with van der Waals surface area (Å²) in [6.45, 7) is 1.41. The molecule has 32 heavy (non-hydrogen) atoms. The number of allylic oxidation sites excluding steroid dienone is 1. The van der Waals surface area contributed by atoms with Gasteiger partial charge in [-0.1, -0.05) is 23.8 Å². The van der Waals surface area contributed by atoms with E-state index in [2.05, 4.69) is 16.0 Å². The second-order valence-electron chi connectivity index (χ2n) is 8.25. The van der Waals surface area contributed by atoms with Crippen molar-refractivity contribution in [1.82, 2.24) is 9.55 Å². The fraction of sp³-hybridized carbons (Fsp3) is 0.261. The Morgan fingerprint density at radius 3 is 2.69 bits per heavy atom. The van der Waals surface area contributed by atoms with Gasteiger partial charge in [-0.3, -0.25) is 4.79 Å². The Kier molecular flexibility index (Phi) is 4.98. The van der Waals surface area contributed by atoms with E-state index in [-0.39, 0.29) is 22.4 Å². The summed E-state index contributed by atoms with van der Waals surface area (Å²) in [4.78, 5) is 31.0. The smallest absolute Gasteiger partial charge is 0.341 e. The molecule has 0 saturated carbocycles. The standard InChI is InChI=1S/C23H20ClFN4O3/c24-19-20-15(8-27-22(19)28-9-12-2-1-3-18(26)16(12)10-28)21(30)17(23(31)32)11-29(20)14-6-4-13(25)5-7-14/h1,3-8,11-12,16,18H,2,9-10,26H2,(H,31,32)/t12-,16+,18-/m1/s1. The van der Waals surface area contributed by atoms with Crippen LogP contribution in [0.5, 0.6) is 0 Å². The van der Waals surface area contributed by atoms with Crippen LogP contribution in [0.2, 0.25) is 5.02 Å². The second kappa shape index (κ2) is 7.72. The first-order valence-corrected chi connectivity index (χ1v) is 10.6. The van der Waals surface area contributed by atoms with Gasteiger partial charge in [-0.05, 0) is 42.5 Å². The van der Waals surface area contributed by atoms with E-state index in [1.165, 1.54) is 41.2 Å². The Hall–Kier alpha value is -3.23. The molecule has 3 atom stereocenters. The third-order valence-electron chi connectivity index (χ3n) is 6.38. The molecule has 1 aliphatic heterocycles. The Morgan fingerprint density at radius 1 is 1.25 bits per heavy atom. The highest BCUT2D eigenvalue weighted by atomic mass is 35.5. The number of rotatable bonds is 3. The SMILES string of the molecule is N[C@@H]1C=CC[C@@H]2CN(c3ncc4c(=O)c(C(=O)O)cn(-c5ccc(F)cc5)c4c3Cl)C[C@@H]21. The Bertz CT molecular complexity index is 1320. The maximum Gasteiger partial charge on any atom is 0.341 e. The number of pyridine rings is 2. The summed E-state index contributed by atoms with van der Waals surface area (Å²) in [6.07, 6.45) is 7.65. The van der Waals surface area contributed by atoms with Crippen molar-refractivity contribution in [3.05, 3.63) is 75.4 Å². The Balaban J connectivity index is 1.70. The van der Waals surface area contributed by atoms with Crippen LogP contribution < -0.4 is 16.1 Å². The molecular weight excluding hydrogens is 435 g/mol. The molecule has 1 aromatic carbocycles. The average Bonchev–Trinajstić information content (AvgIpc) is 3.20. The first kappa shape index (κ1) is 20.7. The molecule has 0 radical (unpaired) electrons. The van der Waals surface area contributed by atoms with Crippen molar-refractivity contribution in [1.29, 1.82) is 0 Å². The van der Waals surface area contributed by atoms with Gasteiger partial charge in [0.1, 0.15) is 22.2 Å². The van der Waals surface area contributed by atoms with Crippen LogP contribution in [-0.4, -0.2) is 39.8 Å². The zero-order valence-electron chi connectivity index (χ0n) is 16.9. The van der Waals surface area contributed by atoms with Crippen molar-refractivity contribution in [3.8, 4) is 5.69 Å². The molecule has 1 fully saturated rings. The number of benzene rings is 1. The van der Waals surface area contributed by atoms with Gasteiger partial charge < -0.3 is 20.3 Å². The highest BCUT2D eigenvalue weighted by Crippen LogP contribution is 2.39. The van der Waals surface area contributed by atoms with Crippen LogP contribution in [0.15, 0.2) is 53.6 Å². The zero-order chi connectivity index (χ0) is 22.6. The highest BCUT2D eigenvalue weighted by Gasteiger charge is 2.38. The number of carboxylic acids is 1. The topological polar surface area (TPSA) is 101 Å². The van der Waals surface area contributed by atoms with Gasteiger partial charge in [0.25, 0.3) is 0 Å². The highest BCUT2D eigenvalue weighted by molar-refractivity contribution is 6.37. The van der Waals surface area contributed by atoms with Gasteiger partial charge in [0.05, 0.1) is 10.9 Å². The number of anilines is 1. The molecule has 0 unspecified atom stereocenters. The summed E-state index contributed by atoms with van der Waals surface area (Å²) >= 11 is 6.81. The average molecular weight is 455 g/mol. The van der Waals surface area contributed by atoms with Gasteiger partial charge >= 0.3 is 5.97 Å². The minimum absolute atomic E-state index is 0.0338. The summed E-state index contributed by atoms with van der Waals surface area (Å²) in [7, 11) is 0. The third-order valence-corrected chi connectivity index (χ3v) is 6.73. The number of fused-ring (bicyclic) bond motifs is 2. The number of halogens is 2. The second-order valence-corrected chi connectivity index (χ2v) is 8.63. The predicted octanol–water partition coefficient (Wildman–Crippen LogP) is 3.22. The maximum atomic E-state index is 13.5. The van der Waals surface area contributed by atoms with Gasteiger partial charge in [-0.15, -0.1) is 0 Å². The molecule has 2 aliphatic rings. The molecule has 2 aromatic heterocycles. The number of carboxylic acid groups (broad SMARTS) is 1. The van der Waals surface area contributed by atoms with Gasteiger partial charge in [-0.25, -0.2) is 14.2 Å². The van der Waals surface area contributed by atoms with Gasteiger partial charge in [0.15, 0.2) is 0 Å². The Morgan fingerprint density at radius 2 is 2.00 bits per heavy atom.